The normalized spacial score (nSPS) is 24.1. The van der Waals surface area contributed by atoms with Crippen molar-refractivity contribution in [3.8, 4) is 0 Å². The van der Waals surface area contributed by atoms with E-state index in [1.54, 1.807) is 0 Å². The van der Waals surface area contributed by atoms with Crippen LogP contribution < -0.4 is 5.32 Å². The van der Waals surface area contributed by atoms with Crippen molar-refractivity contribution in [3.05, 3.63) is 22.7 Å². The van der Waals surface area contributed by atoms with E-state index < -0.39 is 0 Å². The van der Waals surface area contributed by atoms with E-state index in [2.05, 4.69) is 31.6 Å². The number of allylic oxidation sites excluding steroid dienone is 3. The first-order chi connectivity index (χ1) is 10.5. The molecule has 0 aliphatic heterocycles. The molecule has 0 radical (unpaired) electrons. The topological polar surface area (TPSA) is 57.1 Å². The number of hydrogen-bond donors (Lipinski definition) is 1. The summed E-state index contributed by atoms with van der Waals surface area (Å²) >= 11 is 3.47. The van der Waals surface area contributed by atoms with Gasteiger partial charge in [-0.25, -0.2) is 0 Å². The fourth-order valence-corrected chi connectivity index (χ4v) is 3.12. The third-order valence-electron chi connectivity index (χ3n) is 3.72. The van der Waals surface area contributed by atoms with Gasteiger partial charge in [0, 0.05) is 24.0 Å². The molecular weight excluding hydrogens is 344 g/mol. The van der Waals surface area contributed by atoms with Crippen molar-refractivity contribution in [2.45, 2.75) is 64.6 Å². The molecule has 0 bridgehead atoms. The predicted octanol–water partition coefficient (Wildman–Crippen LogP) is 3.98. The van der Waals surface area contributed by atoms with E-state index >= 15 is 0 Å². The highest BCUT2D eigenvalue weighted by Crippen LogP contribution is 2.24. The number of rotatable bonds is 7. The second-order valence-electron chi connectivity index (χ2n) is 5.66. The van der Waals surface area contributed by atoms with Crippen molar-refractivity contribution >= 4 is 21.8 Å². The lowest BCUT2D eigenvalue weighted by molar-refractivity contribution is -0.121. The molecular formula is C16H27BrN4O. The molecule has 0 aromatic carbocycles. The van der Waals surface area contributed by atoms with Gasteiger partial charge in [0.15, 0.2) is 0 Å². The Balaban J connectivity index is 2.45. The number of halogens is 1. The summed E-state index contributed by atoms with van der Waals surface area (Å²) in [5.41, 5.74) is 0. The van der Waals surface area contributed by atoms with Gasteiger partial charge in [0.05, 0.1) is 12.1 Å². The van der Waals surface area contributed by atoms with E-state index in [-0.39, 0.29) is 18.0 Å². The molecule has 0 heterocycles. The Morgan fingerprint density at radius 2 is 2.23 bits per heavy atom. The molecule has 22 heavy (non-hydrogen) atoms. The summed E-state index contributed by atoms with van der Waals surface area (Å²) in [6.45, 7) is 5.85. The Bertz CT molecular complexity index is 447. The maximum atomic E-state index is 11.4. The predicted molar refractivity (Wildman–Crippen MR) is 93.8 cm³/mol. The van der Waals surface area contributed by atoms with Gasteiger partial charge in [-0.2, -0.15) is 5.11 Å². The molecule has 1 amide bonds. The molecule has 0 spiro atoms. The number of hydrogen-bond acceptors (Lipinski definition) is 3. The standard InChI is InChI=1S/C16H27BrN4O/c1-5-7-13(17)10-12(3)19-20-21(4)15-9-8-14(11-15)18-16(22)6-2/h5,7,10,12,14-15H,6,8-9,11H2,1-4H3,(H,18,22)/b7-5-,13-10+,20-19-/t12?,14-,15+/m0/s1. The zero-order valence-corrected chi connectivity index (χ0v) is 15.5. The van der Waals surface area contributed by atoms with Gasteiger partial charge < -0.3 is 5.32 Å². The molecule has 0 aromatic rings. The van der Waals surface area contributed by atoms with E-state index in [9.17, 15) is 4.79 Å². The van der Waals surface area contributed by atoms with Crippen LogP contribution in [0.5, 0.6) is 0 Å². The first kappa shape index (κ1) is 18.9. The summed E-state index contributed by atoms with van der Waals surface area (Å²) < 4.78 is 1.01. The van der Waals surface area contributed by atoms with Gasteiger partial charge in [-0.1, -0.05) is 40.2 Å². The Hall–Kier alpha value is -1.17. The van der Waals surface area contributed by atoms with Crippen LogP contribution in [0.15, 0.2) is 33.0 Å². The summed E-state index contributed by atoms with van der Waals surface area (Å²) in [5, 5.41) is 13.6. The van der Waals surface area contributed by atoms with Crippen molar-refractivity contribution in [2.75, 3.05) is 7.05 Å². The number of nitrogens with one attached hydrogen (secondary N) is 1. The Labute approximate surface area is 142 Å². The molecule has 1 rings (SSSR count). The molecule has 1 N–H and O–H groups in total. The van der Waals surface area contributed by atoms with Crippen LogP contribution >= 0.6 is 15.9 Å². The highest BCUT2D eigenvalue weighted by Gasteiger charge is 2.28. The molecule has 0 saturated heterocycles. The third kappa shape index (κ3) is 6.73. The van der Waals surface area contributed by atoms with Crippen LogP contribution in [0.1, 0.15) is 46.5 Å². The number of amides is 1. The van der Waals surface area contributed by atoms with Gasteiger partial charge in [-0.3, -0.25) is 9.80 Å². The van der Waals surface area contributed by atoms with Crippen molar-refractivity contribution in [1.29, 1.82) is 0 Å². The first-order valence-corrected chi connectivity index (χ1v) is 8.68. The molecule has 3 atom stereocenters. The lowest BCUT2D eigenvalue weighted by Gasteiger charge is -2.20. The monoisotopic (exact) mass is 370 g/mol. The second kappa shape index (κ2) is 9.77. The largest absolute Gasteiger partial charge is 0.353 e. The minimum atomic E-state index is 0.0185. The zero-order chi connectivity index (χ0) is 16.5. The van der Waals surface area contributed by atoms with E-state index in [0.29, 0.717) is 12.5 Å². The van der Waals surface area contributed by atoms with Gasteiger partial charge in [0.1, 0.15) is 0 Å². The molecule has 6 heteroatoms. The molecule has 124 valence electrons. The van der Waals surface area contributed by atoms with E-state index in [0.717, 1.165) is 23.7 Å². The Morgan fingerprint density at radius 1 is 1.50 bits per heavy atom. The van der Waals surface area contributed by atoms with Crippen molar-refractivity contribution < 1.29 is 4.79 Å². The van der Waals surface area contributed by atoms with Crippen LogP contribution in [0, 0.1) is 0 Å². The summed E-state index contributed by atoms with van der Waals surface area (Å²) in [6.07, 6.45) is 9.49. The SMILES string of the molecule is C/C=C\C(Br)=C/C(C)/N=N\N(C)[C@@H]1CC[C@H](NC(=O)CC)C1. The summed E-state index contributed by atoms with van der Waals surface area (Å²) in [6, 6.07) is 0.641. The quantitative estimate of drug-likeness (QED) is 0.418. The smallest absolute Gasteiger partial charge is 0.219 e. The van der Waals surface area contributed by atoms with Crippen molar-refractivity contribution in [3.63, 3.8) is 0 Å². The minimum absolute atomic E-state index is 0.0185. The zero-order valence-electron chi connectivity index (χ0n) is 13.9. The van der Waals surface area contributed by atoms with Crippen LogP contribution in [0.25, 0.3) is 0 Å². The Kier molecular flexibility index (Phi) is 8.38. The highest BCUT2D eigenvalue weighted by molar-refractivity contribution is 9.11. The highest BCUT2D eigenvalue weighted by atomic mass is 79.9. The minimum Gasteiger partial charge on any atom is -0.353 e. The van der Waals surface area contributed by atoms with Gasteiger partial charge in [-0.05, 0) is 39.2 Å². The summed E-state index contributed by atoms with van der Waals surface area (Å²) in [4.78, 5) is 11.4. The molecule has 1 fully saturated rings. The fourth-order valence-electron chi connectivity index (χ4n) is 2.47. The maximum absolute atomic E-state index is 11.4. The molecule has 0 aromatic heterocycles. The molecule has 1 aliphatic carbocycles. The molecule has 5 nitrogen and oxygen atoms in total. The summed E-state index contributed by atoms with van der Waals surface area (Å²) in [7, 11) is 1.95. The lowest BCUT2D eigenvalue weighted by Crippen LogP contribution is -2.34. The second-order valence-corrected chi connectivity index (χ2v) is 6.57. The van der Waals surface area contributed by atoms with Crippen LogP contribution in [0.4, 0.5) is 0 Å². The molecule has 1 unspecified atom stereocenters. The number of nitrogens with zero attached hydrogens (tertiary/aromatic N) is 3. The molecule has 1 saturated carbocycles. The summed E-state index contributed by atoms with van der Waals surface area (Å²) in [5.74, 6) is 0.127. The average molecular weight is 371 g/mol. The van der Waals surface area contributed by atoms with Crippen LogP contribution in [-0.4, -0.2) is 36.1 Å². The lowest BCUT2D eigenvalue weighted by atomic mass is 10.2. The van der Waals surface area contributed by atoms with E-state index in [1.807, 2.05) is 51.1 Å². The van der Waals surface area contributed by atoms with Crippen LogP contribution in [0.3, 0.4) is 0 Å². The number of carbonyl (C=O) groups excluding carboxylic acids is 1. The average Bonchev–Trinajstić information content (AvgIpc) is 2.93. The van der Waals surface area contributed by atoms with Gasteiger partial charge in [0.25, 0.3) is 0 Å². The maximum Gasteiger partial charge on any atom is 0.219 e. The first-order valence-electron chi connectivity index (χ1n) is 7.89. The molecule has 1 aliphatic rings. The third-order valence-corrected chi connectivity index (χ3v) is 4.25. The van der Waals surface area contributed by atoms with Gasteiger partial charge in [0.2, 0.25) is 5.91 Å². The van der Waals surface area contributed by atoms with Gasteiger partial charge in [-0.15, -0.1) is 0 Å². The van der Waals surface area contributed by atoms with Crippen molar-refractivity contribution in [2.24, 2.45) is 10.3 Å². The van der Waals surface area contributed by atoms with Crippen LogP contribution in [-0.2, 0) is 4.79 Å². The Morgan fingerprint density at radius 3 is 2.86 bits per heavy atom. The van der Waals surface area contributed by atoms with E-state index in [4.69, 9.17) is 0 Å². The van der Waals surface area contributed by atoms with Gasteiger partial charge >= 0.3 is 0 Å². The fraction of sp³-hybridized carbons (Fsp3) is 0.688. The van der Waals surface area contributed by atoms with Crippen LogP contribution in [0.2, 0.25) is 0 Å². The van der Waals surface area contributed by atoms with E-state index in [1.165, 1.54) is 0 Å². The van der Waals surface area contributed by atoms with Crippen molar-refractivity contribution in [1.82, 2.24) is 10.3 Å². The number of carbonyl (C=O) groups is 1.